The molecule has 0 saturated heterocycles. The first-order valence-electron chi connectivity index (χ1n) is 6.86. The molecule has 0 atom stereocenters. The number of carbonyl (C=O) groups is 2. The molecule has 0 heterocycles. The highest BCUT2D eigenvalue weighted by Crippen LogP contribution is 2.26. The molecule has 2 rings (SSSR count). The van der Waals surface area contributed by atoms with Crippen molar-refractivity contribution in [2.75, 3.05) is 11.9 Å². The summed E-state index contributed by atoms with van der Waals surface area (Å²) in [4.78, 5) is 23.4. The number of anilines is 1. The first kappa shape index (κ1) is 13.6. The smallest absolute Gasteiger partial charge is 0.243 e. The number of hydrogen-bond acceptors (Lipinski definition) is 2. The van der Waals surface area contributed by atoms with E-state index in [1.54, 1.807) is 0 Å². The molecule has 0 aliphatic heterocycles. The number of para-hydroxylation sites is 1. The van der Waals surface area contributed by atoms with Gasteiger partial charge in [-0.25, -0.2) is 0 Å². The lowest BCUT2D eigenvalue weighted by atomic mass is 9.85. The molecule has 1 aromatic carbocycles. The number of hydrogen-bond donors (Lipinski definition) is 2. The van der Waals surface area contributed by atoms with E-state index in [1.807, 2.05) is 31.2 Å². The third kappa shape index (κ3) is 3.56. The summed E-state index contributed by atoms with van der Waals surface area (Å²) in [6.07, 6.45) is 3.89. The lowest BCUT2D eigenvalue weighted by molar-refractivity contribution is -0.129. The number of benzene rings is 1. The van der Waals surface area contributed by atoms with Gasteiger partial charge in [0, 0.05) is 11.6 Å². The second-order valence-corrected chi connectivity index (χ2v) is 4.90. The summed E-state index contributed by atoms with van der Waals surface area (Å²) < 4.78 is 0. The maximum atomic E-state index is 11.8. The van der Waals surface area contributed by atoms with Gasteiger partial charge in [-0.15, -0.1) is 0 Å². The van der Waals surface area contributed by atoms with Crippen molar-refractivity contribution in [2.45, 2.75) is 32.6 Å². The highest BCUT2D eigenvalue weighted by atomic mass is 16.2. The van der Waals surface area contributed by atoms with E-state index >= 15 is 0 Å². The lowest BCUT2D eigenvalue weighted by Gasteiger charge is -2.23. The predicted molar refractivity (Wildman–Crippen MR) is 74.8 cm³/mol. The third-order valence-electron chi connectivity index (χ3n) is 3.57. The van der Waals surface area contributed by atoms with Crippen LogP contribution < -0.4 is 10.6 Å². The average Bonchev–Trinajstić information content (AvgIpc) is 2.35. The zero-order chi connectivity index (χ0) is 13.7. The molecule has 2 amide bonds. The Morgan fingerprint density at radius 1 is 1.26 bits per heavy atom. The quantitative estimate of drug-likeness (QED) is 0.851. The van der Waals surface area contributed by atoms with Gasteiger partial charge in [0.05, 0.1) is 6.54 Å². The van der Waals surface area contributed by atoms with Crippen LogP contribution in [0.5, 0.6) is 0 Å². The van der Waals surface area contributed by atoms with E-state index in [-0.39, 0.29) is 24.3 Å². The van der Waals surface area contributed by atoms with E-state index in [9.17, 15) is 9.59 Å². The van der Waals surface area contributed by atoms with Gasteiger partial charge in [-0.2, -0.15) is 0 Å². The summed E-state index contributed by atoms with van der Waals surface area (Å²) in [6.45, 7) is 2.09. The van der Waals surface area contributed by atoms with Crippen molar-refractivity contribution < 1.29 is 9.59 Å². The first-order chi connectivity index (χ1) is 9.20. The fourth-order valence-corrected chi connectivity index (χ4v) is 2.13. The summed E-state index contributed by atoms with van der Waals surface area (Å²) in [7, 11) is 0. The number of amides is 2. The molecule has 1 fully saturated rings. The monoisotopic (exact) mass is 260 g/mol. The maximum absolute atomic E-state index is 11.8. The van der Waals surface area contributed by atoms with E-state index in [4.69, 9.17) is 0 Å². The maximum Gasteiger partial charge on any atom is 0.243 e. The van der Waals surface area contributed by atoms with Gasteiger partial charge in [-0.3, -0.25) is 9.59 Å². The Morgan fingerprint density at radius 2 is 2.00 bits per heavy atom. The number of rotatable bonds is 5. The molecule has 4 nitrogen and oxygen atoms in total. The Hall–Kier alpha value is -1.84. The standard InChI is InChI=1S/C15H20N2O2/c1-2-11-6-3-4-9-13(11)17-14(18)10-16-15(19)12-7-5-8-12/h3-4,6,9,12H,2,5,7-8,10H2,1H3,(H,16,19)(H,17,18). The number of carbonyl (C=O) groups excluding carboxylic acids is 2. The molecular formula is C15H20N2O2. The largest absolute Gasteiger partial charge is 0.347 e. The van der Waals surface area contributed by atoms with Crippen molar-refractivity contribution in [1.82, 2.24) is 5.32 Å². The second kappa shape index (κ2) is 6.36. The van der Waals surface area contributed by atoms with Crippen LogP contribution in [-0.2, 0) is 16.0 Å². The van der Waals surface area contributed by atoms with Crippen molar-refractivity contribution >= 4 is 17.5 Å². The van der Waals surface area contributed by atoms with Crippen molar-refractivity contribution in [2.24, 2.45) is 5.92 Å². The number of nitrogens with one attached hydrogen (secondary N) is 2. The van der Waals surface area contributed by atoms with Crippen LogP contribution in [0, 0.1) is 5.92 Å². The van der Waals surface area contributed by atoms with Crippen LogP contribution in [0.4, 0.5) is 5.69 Å². The molecule has 1 aromatic rings. The molecule has 19 heavy (non-hydrogen) atoms. The summed E-state index contributed by atoms with van der Waals surface area (Å²) in [6, 6.07) is 7.71. The molecule has 0 aromatic heterocycles. The highest BCUT2D eigenvalue weighted by molar-refractivity contribution is 5.95. The molecule has 4 heteroatoms. The Kier molecular flexibility index (Phi) is 4.55. The van der Waals surface area contributed by atoms with Gasteiger partial charge >= 0.3 is 0 Å². The third-order valence-corrected chi connectivity index (χ3v) is 3.57. The van der Waals surface area contributed by atoms with Gasteiger partial charge < -0.3 is 10.6 Å². The molecule has 1 saturated carbocycles. The van der Waals surface area contributed by atoms with E-state index < -0.39 is 0 Å². The fourth-order valence-electron chi connectivity index (χ4n) is 2.13. The van der Waals surface area contributed by atoms with E-state index in [2.05, 4.69) is 10.6 Å². The van der Waals surface area contributed by atoms with Crippen LogP contribution >= 0.6 is 0 Å². The minimum atomic E-state index is -0.173. The molecule has 1 aliphatic rings. The van der Waals surface area contributed by atoms with Crippen molar-refractivity contribution in [1.29, 1.82) is 0 Å². The fraction of sp³-hybridized carbons (Fsp3) is 0.467. The van der Waals surface area contributed by atoms with Crippen LogP contribution in [-0.4, -0.2) is 18.4 Å². The summed E-state index contributed by atoms with van der Waals surface area (Å²) in [5, 5.41) is 5.53. The molecular weight excluding hydrogens is 240 g/mol. The Balaban J connectivity index is 1.81. The van der Waals surface area contributed by atoms with Gasteiger partial charge in [-0.05, 0) is 30.9 Å². The molecule has 1 aliphatic carbocycles. The predicted octanol–water partition coefficient (Wildman–Crippen LogP) is 2.10. The normalized spacial score (nSPS) is 14.6. The summed E-state index contributed by atoms with van der Waals surface area (Å²) in [5.74, 6) is -0.0468. The minimum absolute atomic E-state index is 0.00479. The number of aryl methyl sites for hydroxylation is 1. The van der Waals surface area contributed by atoms with E-state index in [1.165, 1.54) is 0 Å². The molecule has 0 radical (unpaired) electrons. The van der Waals surface area contributed by atoms with Crippen LogP contribution in [0.15, 0.2) is 24.3 Å². The van der Waals surface area contributed by atoms with Crippen LogP contribution in [0.1, 0.15) is 31.7 Å². The van der Waals surface area contributed by atoms with E-state index in [0.29, 0.717) is 0 Å². The van der Waals surface area contributed by atoms with Gasteiger partial charge in [0.1, 0.15) is 0 Å². The summed E-state index contributed by atoms with van der Waals surface area (Å²) in [5.41, 5.74) is 1.93. The van der Waals surface area contributed by atoms with Gasteiger partial charge in [0.2, 0.25) is 11.8 Å². The Labute approximate surface area is 113 Å². The Bertz CT molecular complexity index is 467. The second-order valence-electron chi connectivity index (χ2n) is 4.90. The molecule has 102 valence electrons. The minimum Gasteiger partial charge on any atom is -0.347 e. The van der Waals surface area contributed by atoms with Gasteiger partial charge in [-0.1, -0.05) is 31.5 Å². The zero-order valence-electron chi connectivity index (χ0n) is 11.2. The first-order valence-corrected chi connectivity index (χ1v) is 6.86. The van der Waals surface area contributed by atoms with Crippen LogP contribution in [0.3, 0.4) is 0 Å². The van der Waals surface area contributed by atoms with Crippen LogP contribution in [0.25, 0.3) is 0 Å². The molecule has 2 N–H and O–H groups in total. The SMILES string of the molecule is CCc1ccccc1NC(=O)CNC(=O)C1CCC1. The molecule has 0 spiro atoms. The zero-order valence-corrected chi connectivity index (χ0v) is 11.2. The van der Waals surface area contributed by atoms with Gasteiger partial charge in [0.25, 0.3) is 0 Å². The van der Waals surface area contributed by atoms with Crippen LogP contribution in [0.2, 0.25) is 0 Å². The average molecular weight is 260 g/mol. The molecule has 0 bridgehead atoms. The highest BCUT2D eigenvalue weighted by Gasteiger charge is 2.25. The van der Waals surface area contributed by atoms with Crippen molar-refractivity contribution in [3.05, 3.63) is 29.8 Å². The Morgan fingerprint density at radius 3 is 2.63 bits per heavy atom. The van der Waals surface area contributed by atoms with Gasteiger partial charge in [0.15, 0.2) is 0 Å². The lowest BCUT2D eigenvalue weighted by Crippen LogP contribution is -2.39. The van der Waals surface area contributed by atoms with E-state index in [0.717, 1.165) is 36.9 Å². The van der Waals surface area contributed by atoms with Crippen molar-refractivity contribution in [3.8, 4) is 0 Å². The molecule has 0 unspecified atom stereocenters. The van der Waals surface area contributed by atoms with Crippen molar-refractivity contribution in [3.63, 3.8) is 0 Å². The topological polar surface area (TPSA) is 58.2 Å². The summed E-state index contributed by atoms with van der Waals surface area (Å²) >= 11 is 0.